The van der Waals surface area contributed by atoms with Gasteiger partial charge in [0.15, 0.2) is 0 Å². The molecule has 0 fully saturated rings. The van der Waals surface area contributed by atoms with Crippen LogP contribution in [0.5, 0.6) is 0 Å². The standard InChI is InChI=1S/C10H14O.CH4O3S/c1-2-8-11-9-10-6-4-3-5-7-10;1-5(2,3)4/h3-7H,2,8-9H2,1H3;1H3,(H,2,3,4). The summed E-state index contributed by atoms with van der Waals surface area (Å²) < 4.78 is 31.2. The monoisotopic (exact) mass is 246 g/mol. The lowest BCUT2D eigenvalue weighted by molar-refractivity contribution is 0.121. The van der Waals surface area contributed by atoms with Gasteiger partial charge in [-0.3, -0.25) is 4.55 Å². The van der Waals surface area contributed by atoms with Gasteiger partial charge in [0, 0.05) is 6.61 Å². The minimum absolute atomic E-state index is 0.715. The minimum Gasteiger partial charge on any atom is -0.377 e. The molecular formula is C11H18O4S. The fraction of sp³-hybridized carbons (Fsp3) is 0.455. The zero-order chi connectivity index (χ0) is 12.4. The first-order valence-electron chi connectivity index (χ1n) is 4.97. The summed E-state index contributed by atoms with van der Waals surface area (Å²) in [6.45, 7) is 3.72. The molecule has 1 aromatic rings. The molecule has 4 nitrogen and oxygen atoms in total. The molecule has 0 aliphatic heterocycles. The maximum Gasteiger partial charge on any atom is 0.261 e. The van der Waals surface area contributed by atoms with E-state index in [-0.39, 0.29) is 0 Å². The second-order valence-corrected chi connectivity index (χ2v) is 4.74. The Morgan fingerprint density at radius 3 is 2.19 bits per heavy atom. The van der Waals surface area contributed by atoms with Crippen LogP contribution >= 0.6 is 0 Å². The van der Waals surface area contributed by atoms with E-state index < -0.39 is 10.1 Å². The molecule has 0 aromatic heterocycles. The van der Waals surface area contributed by atoms with E-state index in [1.165, 1.54) is 5.56 Å². The Kier molecular flexibility index (Phi) is 7.80. The normalized spacial score (nSPS) is 10.4. The summed E-state index contributed by atoms with van der Waals surface area (Å²) in [5.74, 6) is 0. The van der Waals surface area contributed by atoms with Crippen LogP contribution in [0, 0.1) is 0 Å². The van der Waals surface area contributed by atoms with E-state index in [4.69, 9.17) is 9.29 Å². The van der Waals surface area contributed by atoms with Gasteiger partial charge >= 0.3 is 0 Å². The Labute approximate surface area is 97.0 Å². The topological polar surface area (TPSA) is 63.6 Å². The van der Waals surface area contributed by atoms with Crippen molar-refractivity contribution in [1.82, 2.24) is 0 Å². The molecule has 0 aliphatic carbocycles. The van der Waals surface area contributed by atoms with Gasteiger partial charge in [-0.15, -0.1) is 0 Å². The van der Waals surface area contributed by atoms with Crippen LogP contribution in [0.2, 0.25) is 0 Å². The highest BCUT2D eigenvalue weighted by atomic mass is 32.2. The van der Waals surface area contributed by atoms with Gasteiger partial charge in [0.05, 0.1) is 12.9 Å². The Balaban J connectivity index is 0.000000385. The molecular weight excluding hydrogens is 228 g/mol. The summed E-state index contributed by atoms with van der Waals surface area (Å²) in [5.41, 5.74) is 1.25. The van der Waals surface area contributed by atoms with Crippen LogP contribution < -0.4 is 0 Å². The van der Waals surface area contributed by atoms with E-state index in [0.29, 0.717) is 6.26 Å². The quantitative estimate of drug-likeness (QED) is 0.653. The lowest BCUT2D eigenvalue weighted by Gasteiger charge is -2.00. The van der Waals surface area contributed by atoms with Gasteiger partial charge in [-0.2, -0.15) is 8.42 Å². The summed E-state index contributed by atoms with van der Waals surface area (Å²) >= 11 is 0. The highest BCUT2D eigenvalue weighted by Crippen LogP contribution is 2.00. The number of benzene rings is 1. The van der Waals surface area contributed by atoms with Gasteiger partial charge in [-0.1, -0.05) is 37.3 Å². The first-order valence-corrected chi connectivity index (χ1v) is 6.82. The van der Waals surface area contributed by atoms with E-state index in [2.05, 4.69) is 19.1 Å². The Morgan fingerprint density at radius 2 is 1.75 bits per heavy atom. The molecule has 0 unspecified atom stereocenters. The van der Waals surface area contributed by atoms with Crippen molar-refractivity contribution in [2.45, 2.75) is 20.0 Å². The third-order valence-corrected chi connectivity index (χ3v) is 1.46. The first kappa shape index (κ1) is 15.1. The van der Waals surface area contributed by atoms with Crippen molar-refractivity contribution in [3.63, 3.8) is 0 Å². The molecule has 1 aromatic carbocycles. The summed E-state index contributed by atoms with van der Waals surface area (Å²) in [7, 11) is -3.67. The molecule has 1 N–H and O–H groups in total. The predicted octanol–water partition coefficient (Wildman–Crippen LogP) is 2.12. The lowest BCUT2D eigenvalue weighted by Crippen LogP contribution is -1.92. The summed E-state index contributed by atoms with van der Waals surface area (Å²) in [6, 6.07) is 10.2. The van der Waals surface area contributed by atoms with Crippen molar-refractivity contribution in [2.24, 2.45) is 0 Å². The third-order valence-electron chi connectivity index (χ3n) is 1.46. The molecule has 1 rings (SSSR count). The molecule has 0 spiro atoms. The molecule has 0 saturated heterocycles. The van der Waals surface area contributed by atoms with E-state index in [9.17, 15) is 8.42 Å². The Bertz CT molecular complexity index is 351. The molecule has 0 saturated carbocycles. The average molecular weight is 246 g/mol. The second-order valence-electron chi connectivity index (χ2n) is 3.27. The first-order chi connectivity index (χ1) is 7.43. The maximum absolute atomic E-state index is 9.19. The van der Waals surface area contributed by atoms with Gasteiger partial charge in [0.2, 0.25) is 0 Å². The Morgan fingerprint density at radius 1 is 1.25 bits per heavy atom. The zero-order valence-electron chi connectivity index (χ0n) is 9.59. The molecule has 16 heavy (non-hydrogen) atoms. The van der Waals surface area contributed by atoms with Crippen molar-refractivity contribution in [3.8, 4) is 0 Å². The lowest BCUT2D eigenvalue weighted by atomic mass is 10.2. The van der Waals surface area contributed by atoms with Crippen molar-refractivity contribution in [2.75, 3.05) is 12.9 Å². The predicted molar refractivity (Wildman–Crippen MR) is 63.9 cm³/mol. The SMILES string of the molecule is CCCOCc1ccccc1.CS(=O)(=O)O. The van der Waals surface area contributed by atoms with Crippen LogP contribution in [0.1, 0.15) is 18.9 Å². The number of ether oxygens (including phenoxy) is 1. The molecule has 0 atom stereocenters. The molecule has 0 amide bonds. The molecule has 0 heterocycles. The highest BCUT2D eigenvalue weighted by molar-refractivity contribution is 7.85. The molecule has 5 heteroatoms. The summed E-state index contributed by atoms with van der Waals surface area (Å²) in [4.78, 5) is 0. The molecule has 0 aliphatic rings. The van der Waals surface area contributed by atoms with Crippen molar-refractivity contribution < 1.29 is 17.7 Å². The minimum atomic E-state index is -3.67. The van der Waals surface area contributed by atoms with E-state index in [0.717, 1.165) is 19.6 Å². The van der Waals surface area contributed by atoms with Crippen LogP contribution in [-0.2, 0) is 21.5 Å². The van der Waals surface area contributed by atoms with Gasteiger partial charge in [0.25, 0.3) is 10.1 Å². The Hall–Kier alpha value is -0.910. The zero-order valence-corrected chi connectivity index (χ0v) is 10.4. The largest absolute Gasteiger partial charge is 0.377 e. The molecule has 92 valence electrons. The fourth-order valence-corrected chi connectivity index (χ4v) is 0.909. The van der Waals surface area contributed by atoms with Gasteiger partial charge in [-0.05, 0) is 12.0 Å². The second kappa shape index (κ2) is 8.27. The van der Waals surface area contributed by atoms with E-state index >= 15 is 0 Å². The smallest absolute Gasteiger partial charge is 0.261 e. The third kappa shape index (κ3) is 13.1. The van der Waals surface area contributed by atoms with Crippen LogP contribution in [-0.4, -0.2) is 25.8 Å². The highest BCUT2D eigenvalue weighted by Gasteiger charge is 1.88. The number of hydrogen-bond donors (Lipinski definition) is 1. The van der Waals surface area contributed by atoms with Crippen LogP contribution in [0.4, 0.5) is 0 Å². The average Bonchev–Trinajstić information content (AvgIpc) is 2.17. The number of hydrogen-bond acceptors (Lipinski definition) is 3. The van der Waals surface area contributed by atoms with E-state index in [1.807, 2.05) is 18.2 Å². The van der Waals surface area contributed by atoms with Crippen LogP contribution in [0.25, 0.3) is 0 Å². The van der Waals surface area contributed by atoms with Crippen molar-refractivity contribution in [3.05, 3.63) is 35.9 Å². The van der Waals surface area contributed by atoms with Crippen LogP contribution in [0.15, 0.2) is 30.3 Å². The van der Waals surface area contributed by atoms with Crippen LogP contribution in [0.3, 0.4) is 0 Å². The summed E-state index contributed by atoms with van der Waals surface area (Å²) in [5, 5.41) is 0. The van der Waals surface area contributed by atoms with Gasteiger partial charge < -0.3 is 4.74 Å². The maximum atomic E-state index is 9.19. The van der Waals surface area contributed by atoms with Gasteiger partial charge in [-0.25, -0.2) is 0 Å². The van der Waals surface area contributed by atoms with Crippen molar-refractivity contribution >= 4 is 10.1 Å². The van der Waals surface area contributed by atoms with Gasteiger partial charge in [0.1, 0.15) is 0 Å². The van der Waals surface area contributed by atoms with E-state index in [1.54, 1.807) is 0 Å². The molecule has 0 bridgehead atoms. The number of rotatable bonds is 4. The fourth-order valence-electron chi connectivity index (χ4n) is 0.909. The summed E-state index contributed by atoms with van der Waals surface area (Å²) in [6.07, 6.45) is 1.81. The van der Waals surface area contributed by atoms with Crippen molar-refractivity contribution in [1.29, 1.82) is 0 Å². The molecule has 0 radical (unpaired) electrons.